The summed E-state index contributed by atoms with van der Waals surface area (Å²) >= 11 is 0. The van der Waals surface area contributed by atoms with E-state index in [2.05, 4.69) is 6.58 Å². The van der Waals surface area contributed by atoms with Crippen molar-refractivity contribution in [1.29, 1.82) is 0 Å². The fourth-order valence-corrected chi connectivity index (χ4v) is 1.80. The molecule has 2 rings (SSSR count). The van der Waals surface area contributed by atoms with E-state index in [1.165, 1.54) is 31.4 Å². The number of allylic oxidation sites excluding steroid dienone is 1. The van der Waals surface area contributed by atoms with Crippen LogP contribution in [-0.2, 0) is 5.92 Å². The molecule has 0 N–H and O–H groups in total. The highest BCUT2D eigenvalue weighted by atomic mass is 19.3. The molecule has 0 saturated carbocycles. The first-order valence-corrected chi connectivity index (χ1v) is 5.83. The molecule has 0 aliphatic carbocycles. The van der Waals surface area contributed by atoms with Gasteiger partial charge in [-0.25, -0.2) is 0 Å². The van der Waals surface area contributed by atoms with Crippen molar-refractivity contribution in [3.8, 4) is 5.75 Å². The molecule has 98 valence electrons. The monoisotopic (exact) mass is 260 g/mol. The molecule has 0 spiro atoms. The summed E-state index contributed by atoms with van der Waals surface area (Å²) in [6.07, 6.45) is 0. The molecule has 0 atom stereocenters. The smallest absolute Gasteiger partial charge is 0.298 e. The lowest BCUT2D eigenvalue weighted by Gasteiger charge is -2.20. The molecule has 0 saturated heterocycles. The largest absolute Gasteiger partial charge is 0.497 e. The fourth-order valence-electron chi connectivity index (χ4n) is 1.80. The van der Waals surface area contributed by atoms with Crippen LogP contribution in [0.25, 0.3) is 5.57 Å². The van der Waals surface area contributed by atoms with Gasteiger partial charge in [0.05, 0.1) is 7.11 Å². The van der Waals surface area contributed by atoms with E-state index in [0.29, 0.717) is 11.3 Å². The highest BCUT2D eigenvalue weighted by molar-refractivity contribution is 5.70. The van der Waals surface area contributed by atoms with Crippen LogP contribution < -0.4 is 4.74 Å². The summed E-state index contributed by atoms with van der Waals surface area (Å²) in [5.74, 6) is -2.56. The third kappa shape index (κ3) is 2.65. The van der Waals surface area contributed by atoms with Gasteiger partial charge in [-0.1, -0.05) is 36.9 Å². The third-order valence-corrected chi connectivity index (χ3v) is 2.95. The van der Waals surface area contributed by atoms with Crippen LogP contribution in [0, 0.1) is 0 Å². The second kappa shape index (κ2) is 5.22. The average Bonchev–Trinajstić information content (AvgIpc) is 2.47. The molecule has 0 aliphatic rings. The summed E-state index contributed by atoms with van der Waals surface area (Å²) in [6.45, 7) is 3.53. The van der Waals surface area contributed by atoms with Crippen molar-refractivity contribution in [2.75, 3.05) is 7.11 Å². The van der Waals surface area contributed by atoms with E-state index in [1.807, 2.05) is 0 Å². The Kier molecular flexibility index (Phi) is 3.65. The molecular formula is C16H14F2O. The maximum absolute atomic E-state index is 14.3. The van der Waals surface area contributed by atoms with Crippen molar-refractivity contribution in [1.82, 2.24) is 0 Å². The third-order valence-electron chi connectivity index (χ3n) is 2.95. The summed E-state index contributed by atoms with van der Waals surface area (Å²) < 4.78 is 33.6. The lowest BCUT2D eigenvalue weighted by molar-refractivity contribution is 0.0646. The van der Waals surface area contributed by atoms with Gasteiger partial charge in [-0.05, 0) is 29.8 Å². The molecule has 3 heteroatoms. The average molecular weight is 260 g/mol. The maximum Gasteiger partial charge on any atom is 0.298 e. The molecule has 0 fully saturated rings. The van der Waals surface area contributed by atoms with Gasteiger partial charge in [0.25, 0.3) is 5.92 Å². The van der Waals surface area contributed by atoms with Gasteiger partial charge in [-0.3, -0.25) is 0 Å². The number of alkyl halides is 2. The molecular weight excluding hydrogens is 246 g/mol. The number of hydrogen-bond acceptors (Lipinski definition) is 1. The Bertz CT molecular complexity index is 559. The normalized spacial score (nSPS) is 11.1. The number of halogens is 2. The Balaban J connectivity index is 2.33. The van der Waals surface area contributed by atoms with E-state index in [4.69, 9.17) is 4.74 Å². The van der Waals surface area contributed by atoms with Crippen molar-refractivity contribution in [2.24, 2.45) is 0 Å². The first-order valence-electron chi connectivity index (χ1n) is 5.83. The van der Waals surface area contributed by atoms with Crippen LogP contribution in [0.5, 0.6) is 5.75 Å². The van der Waals surface area contributed by atoms with Gasteiger partial charge in [0.2, 0.25) is 0 Å². The summed E-state index contributed by atoms with van der Waals surface area (Å²) in [5, 5.41) is 0. The van der Waals surface area contributed by atoms with Crippen LogP contribution in [0.2, 0.25) is 0 Å². The molecule has 0 aliphatic heterocycles. The van der Waals surface area contributed by atoms with E-state index in [0.717, 1.165) is 0 Å². The molecule has 2 aromatic rings. The highest BCUT2D eigenvalue weighted by Gasteiger charge is 2.35. The molecule has 19 heavy (non-hydrogen) atoms. The molecule has 0 unspecified atom stereocenters. The summed E-state index contributed by atoms with van der Waals surface area (Å²) in [4.78, 5) is 0. The van der Waals surface area contributed by atoms with E-state index in [9.17, 15) is 8.78 Å². The Hall–Kier alpha value is -2.16. The van der Waals surface area contributed by atoms with E-state index in [-0.39, 0.29) is 11.1 Å². The molecule has 0 radical (unpaired) electrons. The maximum atomic E-state index is 14.3. The molecule has 0 heterocycles. The van der Waals surface area contributed by atoms with Gasteiger partial charge >= 0.3 is 0 Å². The number of methoxy groups -OCH3 is 1. The minimum absolute atomic E-state index is 0.0952. The Labute approximate surface area is 111 Å². The zero-order chi connectivity index (χ0) is 13.9. The van der Waals surface area contributed by atoms with Gasteiger partial charge in [0.15, 0.2) is 0 Å². The van der Waals surface area contributed by atoms with E-state index in [1.54, 1.807) is 30.3 Å². The van der Waals surface area contributed by atoms with Crippen LogP contribution in [0.3, 0.4) is 0 Å². The van der Waals surface area contributed by atoms with Crippen LogP contribution in [0.4, 0.5) is 8.78 Å². The predicted molar refractivity (Wildman–Crippen MR) is 72.4 cm³/mol. The fraction of sp³-hybridized carbons (Fsp3) is 0.125. The minimum Gasteiger partial charge on any atom is -0.497 e. The quantitative estimate of drug-likeness (QED) is 0.786. The Morgan fingerprint density at radius 1 is 1.00 bits per heavy atom. The number of ether oxygens (including phenoxy) is 1. The number of benzene rings is 2. The lowest BCUT2D eigenvalue weighted by atomic mass is 9.95. The van der Waals surface area contributed by atoms with Gasteiger partial charge in [-0.15, -0.1) is 0 Å². The molecule has 1 nitrogen and oxygen atoms in total. The van der Waals surface area contributed by atoms with Gasteiger partial charge in [0, 0.05) is 11.1 Å². The SMILES string of the molecule is C=C(c1ccccc1)C(F)(F)c1ccc(OC)cc1. The lowest BCUT2D eigenvalue weighted by Crippen LogP contribution is -2.15. The minimum atomic E-state index is -3.10. The van der Waals surface area contributed by atoms with E-state index < -0.39 is 5.92 Å². The first kappa shape index (κ1) is 13.3. The topological polar surface area (TPSA) is 9.23 Å². The van der Waals surface area contributed by atoms with Gasteiger partial charge in [-0.2, -0.15) is 8.78 Å². The van der Waals surface area contributed by atoms with Crippen LogP contribution in [0.15, 0.2) is 61.2 Å². The van der Waals surface area contributed by atoms with Crippen molar-refractivity contribution in [2.45, 2.75) is 5.92 Å². The van der Waals surface area contributed by atoms with Crippen LogP contribution >= 0.6 is 0 Å². The second-order valence-corrected chi connectivity index (χ2v) is 4.15. The number of hydrogen-bond donors (Lipinski definition) is 0. The zero-order valence-corrected chi connectivity index (χ0v) is 10.6. The van der Waals surface area contributed by atoms with Crippen molar-refractivity contribution in [3.05, 3.63) is 72.3 Å². The van der Waals surface area contributed by atoms with E-state index >= 15 is 0 Å². The summed E-state index contributed by atoms with van der Waals surface area (Å²) in [6, 6.07) is 14.2. The van der Waals surface area contributed by atoms with Crippen molar-refractivity contribution in [3.63, 3.8) is 0 Å². The summed E-state index contributed by atoms with van der Waals surface area (Å²) in [7, 11) is 1.50. The molecule has 0 amide bonds. The van der Waals surface area contributed by atoms with Crippen molar-refractivity contribution < 1.29 is 13.5 Å². The highest BCUT2D eigenvalue weighted by Crippen LogP contribution is 2.40. The Morgan fingerprint density at radius 3 is 2.11 bits per heavy atom. The van der Waals surface area contributed by atoms with Crippen LogP contribution in [-0.4, -0.2) is 7.11 Å². The summed E-state index contributed by atoms with van der Waals surface area (Å²) in [5.41, 5.74) is 0.128. The Morgan fingerprint density at radius 2 is 1.58 bits per heavy atom. The molecule has 0 aromatic heterocycles. The zero-order valence-electron chi connectivity index (χ0n) is 10.6. The number of rotatable bonds is 4. The van der Waals surface area contributed by atoms with Gasteiger partial charge < -0.3 is 4.74 Å². The molecule has 0 bridgehead atoms. The van der Waals surface area contributed by atoms with Gasteiger partial charge in [0.1, 0.15) is 5.75 Å². The molecule has 2 aromatic carbocycles. The second-order valence-electron chi connectivity index (χ2n) is 4.15. The van der Waals surface area contributed by atoms with Crippen molar-refractivity contribution >= 4 is 5.57 Å². The first-order chi connectivity index (χ1) is 9.05. The van der Waals surface area contributed by atoms with Crippen LogP contribution in [0.1, 0.15) is 11.1 Å². The standard InChI is InChI=1S/C16H14F2O/c1-12(13-6-4-3-5-7-13)16(17,18)14-8-10-15(19-2)11-9-14/h3-11H,1H2,2H3. The predicted octanol–water partition coefficient (Wildman–Crippen LogP) is 4.50.